The first kappa shape index (κ1) is 32.0. The number of halogens is 1. The number of amides is 1. The number of unbranched alkanes of at least 4 members (excludes halogenated alkanes) is 11. The number of aromatic nitrogens is 1. The number of hydrogen-bond donors (Lipinski definition) is 1. The molecule has 0 spiro atoms. The fourth-order valence-electron chi connectivity index (χ4n) is 4.49. The summed E-state index contributed by atoms with van der Waals surface area (Å²) in [5, 5.41) is 5.17. The van der Waals surface area contributed by atoms with E-state index in [0.29, 0.717) is 12.2 Å². The van der Waals surface area contributed by atoms with Gasteiger partial charge in [0.2, 0.25) is 5.51 Å². The smallest absolute Gasteiger partial charge is 0.255 e. The SMILES string of the molecule is CCCCCCCCCCCCCCOc1ccccc1NC(=O)c1ccc(C[n+]2cscc2C)cc1.[Br-]. The molecular formula is C32H45BrN2O2S. The number of aryl methyl sites for hydroxylation is 1. The Morgan fingerprint density at radius 2 is 1.45 bits per heavy atom. The van der Waals surface area contributed by atoms with E-state index >= 15 is 0 Å². The van der Waals surface area contributed by atoms with Gasteiger partial charge in [-0.2, -0.15) is 4.57 Å². The van der Waals surface area contributed by atoms with Crippen LogP contribution in [-0.4, -0.2) is 12.5 Å². The molecule has 0 unspecified atom stereocenters. The lowest BCUT2D eigenvalue weighted by atomic mass is 10.1. The van der Waals surface area contributed by atoms with Crippen LogP contribution in [-0.2, 0) is 6.54 Å². The van der Waals surface area contributed by atoms with Gasteiger partial charge < -0.3 is 27.0 Å². The van der Waals surface area contributed by atoms with Gasteiger partial charge in [0.15, 0.2) is 12.2 Å². The minimum Gasteiger partial charge on any atom is -1.00 e. The van der Waals surface area contributed by atoms with E-state index in [1.807, 2.05) is 48.5 Å². The van der Waals surface area contributed by atoms with Crippen LogP contribution < -0.4 is 31.6 Å². The number of hydrogen-bond acceptors (Lipinski definition) is 3. The summed E-state index contributed by atoms with van der Waals surface area (Å²) in [4.78, 5) is 12.9. The largest absolute Gasteiger partial charge is 1.00 e. The summed E-state index contributed by atoms with van der Waals surface area (Å²) in [7, 11) is 0. The van der Waals surface area contributed by atoms with Gasteiger partial charge in [0.1, 0.15) is 5.75 Å². The molecule has 0 radical (unpaired) electrons. The molecule has 6 heteroatoms. The third-order valence-corrected chi connectivity index (χ3v) is 7.69. The molecule has 0 fully saturated rings. The van der Waals surface area contributed by atoms with Gasteiger partial charge in [-0.1, -0.05) is 113 Å². The fraction of sp³-hybridized carbons (Fsp3) is 0.500. The summed E-state index contributed by atoms with van der Waals surface area (Å²) in [5.74, 6) is 0.618. The van der Waals surface area contributed by atoms with Gasteiger partial charge in [-0.25, -0.2) is 0 Å². The molecule has 3 rings (SSSR count). The molecule has 0 atom stereocenters. The highest BCUT2D eigenvalue weighted by atomic mass is 79.9. The zero-order valence-corrected chi connectivity index (χ0v) is 25.6. The van der Waals surface area contributed by atoms with Crippen molar-refractivity contribution in [3.8, 4) is 5.75 Å². The van der Waals surface area contributed by atoms with Crippen molar-refractivity contribution >= 4 is 22.9 Å². The highest BCUT2D eigenvalue weighted by molar-refractivity contribution is 7.07. The molecule has 1 N–H and O–H groups in total. The predicted molar refractivity (Wildman–Crippen MR) is 156 cm³/mol. The van der Waals surface area contributed by atoms with E-state index in [2.05, 4.69) is 34.6 Å². The summed E-state index contributed by atoms with van der Waals surface area (Å²) in [6.07, 6.45) is 15.9. The molecule has 1 heterocycles. The van der Waals surface area contributed by atoms with E-state index in [0.717, 1.165) is 24.4 Å². The average molecular weight is 602 g/mol. The molecule has 208 valence electrons. The van der Waals surface area contributed by atoms with Crippen molar-refractivity contribution in [1.29, 1.82) is 0 Å². The maximum absolute atomic E-state index is 12.9. The molecular weight excluding hydrogens is 556 g/mol. The average Bonchev–Trinajstić information content (AvgIpc) is 3.32. The van der Waals surface area contributed by atoms with Gasteiger partial charge in [0, 0.05) is 18.1 Å². The third-order valence-electron chi connectivity index (χ3n) is 6.84. The Bertz CT molecular complexity index is 1050. The van der Waals surface area contributed by atoms with Gasteiger partial charge in [-0.3, -0.25) is 4.79 Å². The van der Waals surface area contributed by atoms with E-state index in [9.17, 15) is 4.79 Å². The Hall–Kier alpha value is -2.18. The molecule has 1 amide bonds. The number of thiazole rings is 1. The van der Waals surface area contributed by atoms with Crippen LogP contribution in [0.2, 0.25) is 0 Å². The van der Waals surface area contributed by atoms with Gasteiger partial charge in [0.25, 0.3) is 5.91 Å². The van der Waals surface area contributed by atoms with Crippen LogP contribution in [0.15, 0.2) is 59.4 Å². The number of nitrogens with zero attached hydrogens (tertiary/aromatic N) is 1. The van der Waals surface area contributed by atoms with E-state index in [4.69, 9.17) is 4.74 Å². The number of benzene rings is 2. The highest BCUT2D eigenvalue weighted by Gasteiger charge is 2.12. The molecule has 2 aromatic carbocycles. The van der Waals surface area contributed by atoms with E-state index in [-0.39, 0.29) is 22.9 Å². The summed E-state index contributed by atoms with van der Waals surface area (Å²) in [5.41, 5.74) is 5.90. The number of carbonyl (C=O) groups excluding carboxylic acids is 1. The van der Waals surface area contributed by atoms with Crippen LogP contribution in [0.3, 0.4) is 0 Å². The fourth-order valence-corrected chi connectivity index (χ4v) is 5.27. The third kappa shape index (κ3) is 11.7. The number of nitrogens with one attached hydrogen (secondary N) is 1. The van der Waals surface area contributed by atoms with Crippen molar-refractivity contribution in [3.05, 3.63) is 76.2 Å². The number of rotatable bonds is 18. The van der Waals surface area contributed by atoms with Crippen LogP contribution in [0.5, 0.6) is 5.75 Å². The second-order valence-corrected chi connectivity index (χ2v) is 10.7. The Kier molecular flexibility index (Phi) is 16.0. The van der Waals surface area contributed by atoms with Crippen LogP contribution in [0.4, 0.5) is 5.69 Å². The molecule has 0 aliphatic carbocycles. The van der Waals surface area contributed by atoms with Crippen LogP contribution >= 0.6 is 11.3 Å². The van der Waals surface area contributed by atoms with E-state index in [1.54, 1.807) is 11.3 Å². The lowest BCUT2D eigenvalue weighted by molar-refractivity contribution is -0.689. The van der Waals surface area contributed by atoms with Gasteiger partial charge in [-0.15, -0.1) is 0 Å². The molecule has 3 aromatic rings. The minimum absolute atomic E-state index is 0. The van der Waals surface area contributed by atoms with E-state index in [1.165, 1.54) is 81.9 Å². The number of anilines is 1. The molecule has 1 aromatic heterocycles. The van der Waals surface area contributed by atoms with Crippen molar-refractivity contribution in [2.75, 3.05) is 11.9 Å². The normalized spacial score (nSPS) is 10.7. The summed E-state index contributed by atoms with van der Waals surface area (Å²) in [6, 6.07) is 15.5. The standard InChI is InChI=1S/C32H44N2O2S.BrH/c1-3-4-5-6-7-8-9-10-11-12-13-16-23-36-31-18-15-14-17-30(31)33-32(35)29-21-19-28(20-22-29)24-34-26-37-25-27(34)2;/h14-15,17-22,25-26H,3-13,16,23-24H2,1-2H3;1H. The second-order valence-electron chi connectivity index (χ2n) is 10.0. The van der Waals surface area contributed by atoms with Crippen molar-refractivity contribution in [2.24, 2.45) is 0 Å². The molecule has 0 aliphatic heterocycles. The molecule has 0 saturated heterocycles. The molecule has 0 aliphatic rings. The zero-order valence-electron chi connectivity index (χ0n) is 23.2. The molecule has 38 heavy (non-hydrogen) atoms. The Morgan fingerprint density at radius 1 is 0.842 bits per heavy atom. The monoisotopic (exact) mass is 600 g/mol. The molecule has 4 nitrogen and oxygen atoms in total. The minimum atomic E-state index is -0.118. The van der Waals surface area contributed by atoms with Crippen molar-refractivity contribution in [2.45, 2.75) is 97.4 Å². The maximum Gasteiger partial charge on any atom is 0.255 e. The van der Waals surface area contributed by atoms with Gasteiger partial charge >= 0.3 is 0 Å². The highest BCUT2D eigenvalue weighted by Crippen LogP contribution is 2.25. The maximum atomic E-state index is 12.9. The number of para-hydroxylation sites is 2. The van der Waals surface area contributed by atoms with Crippen molar-refractivity contribution < 1.29 is 31.1 Å². The Morgan fingerprint density at radius 3 is 2.05 bits per heavy atom. The predicted octanol–water partition coefficient (Wildman–Crippen LogP) is 5.73. The quantitative estimate of drug-likeness (QED) is 0.150. The van der Waals surface area contributed by atoms with Crippen LogP contribution in [0.1, 0.15) is 106 Å². The van der Waals surface area contributed by atoms with E-state index < -0.39 is 0 Å². The van der Waals surface area contributed by atoms with Gasteiger partial charge in [-0.05, 0) is 30.7 Å². The number of carbonyl (C=O) groups is 1. The van der Waals surface area contributed by atoms with Crippen molar-refractivity contribution in [1.82, 2.24) is 0 Å². The lowest BCUT2D eigenvalue weighted by Crippen LogP contribution is -3.00. The van der Waals surface area contributed by atoms with Gasteiger partial charge in [0.05, 0.1) is 17.7 Å². The summed E-state index contributed by atoms with van der Waals surface area (Å²) >= 11 is 1.70. The first-order valence-corrected chi connectivity index (χ1v) is 15.2. The summed E-state index contributed by atoms with van der Waals surface area (Å²) in [6.45, 7) is 5.87. The zero-order chi connectivity index (χ0) is 26.1. The first-order chi connectivity index (χ1) is 18.2. The molecule has 0 saturated carbocycles. The lowest BCUT2D eigenvalue weighted by Gasteiger charge is -2.12. The number of ether oxygens (including phenoxy) is 1. The van der Waals surface area contributed by atoms with Crippen molar-refractivity contribution in [3.63, 3.8) is 0 Å². The topological polar surface area (TPSA) is 42.2 Å². The summed E-state index contributed by atoms with van der Waals surface area (Å²) < 4.78 is 8.25. The first-order valence-electron chi connectivity index (χ1n) is 14.2. The Balaban J connectivity index is 0.00000507. The van der Waals surface area contributed by atoms with Crippen LogP contribution in [0, 0.1) is 6.92 Å². The van der Waals surface area contributed by atoms with Crippen LogP contribution in [0.25, 0.3) is 0 Å². The second kappa shape index (κ2) is 19.0. The Labute approximate surface area is 244 Å². The molecule has 0 bridgehead atoms.